The molecule has 0 radical (unpaired) electrons. The Labute approximate surface area is 102 Å². The van der Waals surface area contributed by atoms with Crippen molar-refractivity contribution >= 4 is 22.6 Å². The van der Waals surface area contributed by atoms with Crippen LogP contribution >= 0.6 is 22.6 Å². The fourth-order valence-corrected chi connectivity index (χ4v) is 1.59. The van der Waals surface area contributed by atoms with Crippen molar-refractivity contribution in [3.8, 4) is 5.75 Å². The first kappa shape index (κ1) is 13.4. The minimum Gasteiger partial charge on any atom is -0.405 e. The number of alkyl halides is 4. The molecule has 8 heteroatoms. The highest BCUT2D eigenvalue weighted by Crippen LogP contribution is 2.32. The van der Waals surface area contributed by atoms with Crippen LogP contribution in [0.2, 0.25) is 0 Å². The molecule has 0 atom stereocenters. The summed E-state index contributed by atoms with van der Waals surface area (Å²) in [6, 6.07) is 0. The van der Waals surface area contributed by atoms with Crippen molar-refractivity contribution < 1.29 is 27.4 Å². The predicted octanol–water partition coefficient (Wildman–Crippen LogP) is 2.55. The van der Waals surface area contributed by atoms with Crippen molar-refractivity contribution in [1.29, 1.82) is 0 Å². The SMILES string of the molecule is OCc1c(I)ncc(CF)c1OC(F)(F)F. The van der Waals surface area contributed by atoms with Crippen LogP contribution in [0, 0.1) is 3.70 Å². The third kappa shape index (κ3) is 3.17. The maximum Gasteiger partial charge on any atom is 0.573 e. The zero-order chi connectivity index (χ0) is 12.3. The molecule has 0 aromatic carbocycles. The van der Waals surface area contributed by atoms with Crippen molar-refractivity contribution in [2.45, 2.75) is 19.6 Å². The second-order valence-electron chi connectivity index (χ2n) is 2.72. The summed E-state index contributed by atoms with van der Waals surface area (Å²) < 4.78 is 52.4. The quantitative estimate of drug-likeness (QED) is 0.517. The lowest BCUT2D eigenvalue weighted by Crippen LogP contribution is -2.20. The van der Waals surface area contributed by atoms with E-state index in [4.69, 9.17) is 5.11 Å². The van der Waals surface area contributed by atoms with Crippen LogP contribution in [0.5, 0.6) is 5.75 Å². The molecule has 16 heavy (non-hydrogen) atoms. The Hall–Kier alpha value is -0.640. The van der Waals surface area contributed by atoms with Gasteiger partial charge in [0.15, 0.2) is 0 Å². The number of hydrogen-bond donors (Lipinski definition) is 1. The van der Waals surface area contributed by atoms with E-state index in [0.717, 1.165) is 6.20 Å². The lowest BCUT2D eigenvalue weighted by Gasteiger charge is -2.15. The van der Waals surface area contributed by atoms with Gasteiger partial charge >= 0.3 is 6.36 Å². The fourth-order valence-electron chi connectivity index (χ4n) is 1.03. The second kappa shape index (κ2) is 5.13. The lowest BCUT2D eigenvalue weighted by atomic mass is 10.2. The third-order valence-electron chi connectivity index (χ3n) is 1.67. The average molecular weight is 351 g/mol. The van der Waals surface area contributed by atoms with Gasteiger partial charge in [0.2, 0.25) is 0 Å². The zero-order valence-corrected chi connectivity index (χ0v) is 9.84. The van der Waals surface area contributed by atoms with Gasteiger partial charge in [-0.2, -0.15) is 0 Å². The number of hydrogen-bond acceptors (Lipinski definition) is 3. The second-order valence-corrected chi connectivity index (χ2v) is 3.74. The summed E-state index contributed by atoms with van der Waals surface area (Å²) in [5.74, 6) is -0.711. The summed E-state index contributed by atoms with van der Waals surface area (Å²) in [6.07, 6.45) is -3.99. The highest BCUT2D eigenvalue weighted by Gasteiger charge is 2.33. The number of ether oxygens (including phenoxy) is 1. The van der Waals surface area contributed by atoms with Crippen molar-refractivity contribution in [2.24, 2.45) is 0 Å². The molecule has 0 fully saturated rings. The van der Waals surface area contributed by atoms with Gasteiger partial charge in [0, 0.05) is 11.8 Å². The summed E-state index contributed by atoms with van der Waals surface area (Å²) in [5, 5.41) is 8.90. The third-order valence-corrected chi connectivity index (χ3v) is 2.60. The smallest absolute Gasteiger partial charge is 0.405 e. The summed E-state index contributed by atoms with van der Waals surface area (Å²) in [5.41, 5.74) is -0.519. The molecule has 3 nitrogen and oxygen atoms in total. The van der Waals surface area contributed by atoms with Gasteiger partial charge in [0.25, 0.3) is 0 Å². The number of halogens is 5. The van der Waals surface area contributed by atoms with Crippen molar-refractivity contribution in [3.63, 3.8) is 0 Å². The molecule has 0 bridgehead atoms. The molecule has 0 amide bonds. The molecule has 90 valence electrons. The number of aliphatic hydroxyl groups excluding tert-OH is 1. The molecule has 0 aliphatic heterocycles. The maximum atomic E-state index is 12.4. The molecule has 1 heterocycles. The molecule has 0 saturated heterocycles. The largest absolute Gasteiger partial charge is 0.573 e. The van der Waals surface area contributed by atoms with Crippen LogP contribution in [-0.4, -0.2) is 16.5 Å². The average Bonchev–Trinajstić information content (AvgIpc) is 2.16. The van der Waals surface area contributed by atoms with E-state index in [2.05, 4.69) is 9.72 Å². The number of aromatic nitrogens is 1. The molecule has 1 aromatic heterocycles. The Morgan fingerprint density at radius 3 is 2.50 bits per heavy atom. The lowest BCUT2D eigenvalue weighted by molar-refractivity contribution is -0.275. The van der Waals surface area contributed by atoms with E-state index in [1.54, 1.807) is 22.6 Å². The molecule has 0 aliphatic carbocycles. The molecule has 0 unspecified atom stereocenters. The molecule has 0 saturated carbocycles. The van der Waals surface area contributed by atoms with E-state index in [-0.39, 0.29) is 14.8 Å². The van der Waals surface area contributed by atoms with Crippen LogP contribution in [0.4, 0.5) is 17.6 Å². The molecule has 0 aliphatic rings. The monoisotopic (exact) mass is 351 g/mol. The van der Waals surface area contributed by atoms with Crippen molar-refractivity contribution in [3.05, 3.63) is 21.0 Å². The van der Waals surface area contributed by atoms with Crippen molar-refractivity contribution in [2.75, 3.05) is 0 Å². The van der Waals surface area contributed by atoms with E-state index in [1.165, 1.54) is 0 Å². The highest BCUT2D eigenvalue weighted by atomic mass is 127. The Bertz CT molecular complexity index is 383. The minimum atomic E-state index is -4.93. The van der Waals surface area contributed by atoms with Crippen LogP contribution in [0.3, 0.4) is 0 Å². The van der Waals surface area contributed by atoms with Gasteiger partial charge in [-0.25, -0.2) is 9.37 Å². The van der Waals surface area contributed by atoms with Crippen LogP contribution in [0.15, 0.2) is 6.20 Å². The minimum absolute atomic E-state index is 0.136. The topological polar surface area (TPSA) is 42.4 Å². The Morgan fingerprint density at radius 1 is 1.44 bits per heavy atom. The van der Waals surface area contributed by atoms with Gasteiger partial charge < -0.3 is 9.84 Å². The van der Waals surface area contributed by atoms with E-state index >= 15 is 0 Å². The van der Waals surface area contributed by atoms with E-state index in [0.29, 0.717) is 0 Å². The molecular weight excluding hydrogens is 345 g/mol. The van der Waals surface area contributed by atoms with Gasteiger partial charge in [-0.15, -0.1) is 13.2 Å². The Morgan fingerprint density at radius 2 is 2.06 bits per heavy atom. The fraction of sp³-hybridized carbons (Fsp3) is 0.375. The van der Waals surface area contributed by atoms with Crippen LogP contribution in [-0.2, 0) is 13.3 Å². The standard InChI is InChI=1S/C8H6F4INO2/c9-1-4-2-14-7(13)5(3-15)6(4)16-8(10,11)12/h2,15H,1,3H2. The van der Waals surface area contributed by atoms with Crippen molar-refractivity contribution in [1.82, 2.24) is 4.98 Å². The summed E-state index contributed by atoms with van der Waals surface area (Å²) in [4.78, 5) is 3.65. The van der Waals surface area contributed by atoms with Crippen LogP contribution in [0.25, 0.3) is 0 Å². The zero-order valence-electron chi connectivity index (χ0n) is 7.68. The van der Waals surface area contributed by atoms with Crippen LogP contribution < -0.4 is 4.74 Å². The van der Waals surface area contributed by atoms with Gasteiger partial charge in [0.05, 0.1) is 12.2 Å². The number of nitrogens with zero attached hydrogens (tertiary/aromatic N) is 1. The first-order chi connectivity index (χ1) is 7.39. The van der Waals surface area contributed by atoms with Gasteiger partial charge in [-0.1, -0.05) is 0 Å². The summed E-state index contributed by atoms with van der Waals surface area (Å²) in [6.45, 7) is -1.85. The predicted molar refractivity (Wildman–Crippen MR) is 54.4 cm³/mol. The van der Waals surface area contributed by atoms with Gasteiger partial charge in [-0.3, -0.25) is 0 Å². The molecule has 1 rings (SSSR count). The van der Waals surface area contributed by atoms with E-state index in [9.17, 15) is 17.6 Å². The van der Waals surface area contributed by atoms with Crippen LogP contribution in [0.1, 0.15) is 11.1 Å². The van der Waals surface area contributed by atoms with Gasteiger partial charge in [0.1, 0.15) is 16.1 Å². The normalized spacial score (nSPS) is 11.6. The highest BCUT2D eigenvalue weighted by molar-refractivity contribution is 14.1. The number of rotatable bonds is 3. The molecular formula is C8H6F4INO2. The van der Waals surface area contributed by atoms with E-state index < -0.39 is 25.4 Å². The van der Waals surface area contributed by atoms with E-state index in [1.807, 2.05) is 0 Å². The molecule has 1 aromatic rings. The first-order valence-electron chi connectivity index (χ1n) is 3.98. The van der Waals surface area contributed by atoms with Gasteiger partial charge in [-0.05, 0) is 22.6 Å². The molecule has 1 N–H and O–H groups in total. The molecule has 0 spiro atoms. The Kier molecular flexibility index (Phi) is 4.30. The summed E-state index contributed by atoms with van der Waals surface area (Å²) >= 11 is 1.63. The number of aliphatic hydroxyl groups is 1. The summed E-state index contributed by atoms with van der Waals surface area (Å²) in [7, 11) is 0. The maximum absolute atomic E-state index is 12.4. The first-order valence-corrected chi connectivity index (χ1v) is 5.05. The Balaban J connectivity index is 3.25. The number of pyridine rings is 1.